The lowest BCUT2D eigenvalue weighted by molar-refractivity contribution is 1.11. The molecule has 0 atom stereocenters. The largest absolute Gasteiger partial charge is 0.369 e. The van der Waals surface area contributed by atoms with Crippen molar-refractivity contribution in [2.24, 2.45) is 0 Å². The average Bonchev–Trinajstić information content (AvgIpc) is 2.73. The standard InChI is InChI=1S/C12H7BrCl2N4/c13-6-1-2-9(11(15)10(6)14)19-8-3-4-17-5-7(8)18-12(19)16/h1-5H,(H2,16,18). The molecule has 0 saturated carbocycles. The molecule has 7 heteroatoms. The lowest BCUT2D eigenvalue weighted by Crippen LogP contribution is -2.01. The number of nitrogen functional groups attached to an aromatic ring is 1. The molecule has 0 spiro atoms. The Balaban J connectivity index is 2.37. The number of fused-ring (bicyclic) bond motifs is 1. The second-order valence-electron chi connectivity index (χ2n) is 3.86. The molecule has 96 valence electrons. The number of imidazole rings is 1. The van der Waals surface area contributed by atoms with Crippen LogP contribution in [-0.4, -0.2) is 14.5 Å². The Bertz CT molecular complexity index is 785. The van der Waals surface area contributed by atoms with Gasteiger partial charge in [-0.25, -0.2) is 4.98 Å². The van der Waals surface area contributed by atoms with Gasteiger partial charge >= 0.3 is 0 Å². The topological polar surface area (TPSA) is 56.7 Å². The van der Waals surface area contributed by atoms with Gasteiger partial charge in [-0.3, -0.25) is 9.55 Å². The highest BCUT2D eigenvalue weighted by molar-refractivity contribution is 9.10. The second kappa shape index (κ2) is 4.67. The molecule has 3 aromatic rings. The van der Waals surface area contributed by atoms with Crippen molar-refractivity contribution in [2.75, 3.05) is 5.73 Å². The van der Waals surface area contributed by atoms with Gasteiger partial charge in [-0.05, 0) is 34.1 Å². The number of benzene rings is 1. The highest BCUT2D eigenvalue weighted by atomic mass is 79.9. The van der Waals surface area contributed by atoms with Crippen molar-refractivity contribution in [3.05, 3.63) is 45.1 Å². The van der Waals surface area contributed by atoms with Crippen LogP contribution < -0.4 is 5.73 Å². The molecule has 0 fully saturated rings. The summed E-state index contributed by atoms with van der Waals surface area (Å²) in [6.07, 6.45) is 3.32. The van der Waals surface area contributed by atoms with Gasteiger partial charge < -0.3 is 5.73 Å². The first-order chi connectivity index (χ1) is 9.09. The van der Waals surface area contributed by atoms with Gasteiger partial charge in [-0.15, -0.1) is 0 Å². The Kier molecular flexibility index (Phi) is 3.12. The molecule has 3 rings (SSSR count). The van der Waals surface area contributed by atoms with Crippen LogP contribution in [0.2, 0.25) is 10.0 Å². The van der Waals surface area contributed by atoms with Crippen molar-refractivity contribution in [3.8, 4) is 5.69 Å². The fourth-order valence-electron chi connectivity index (χ4n) is 1.89. The number of anilines is 1. The third kappa shape index (κ3) is 1.98. The maximum absolute atomic E-state index is 6.28. The zero-order valence-corrected chi connectivity index (χ0v) is 12.5. The van der Waals surface area contributed by atoms with E-state index in [4.69, 9.17) is 28.9 Å². The minimum atomic E-state index is 0.336. The summed E-state index contributed by atoms with van der Waals surface area (Å²) < 4.78 is 2.48. The quantitative estimate of drug-likeness (QED) is 0.668. The first-order valence-electron chi connectivity index (χ1n) is 5.31. The van der Waals surface area contributed by atoms with Crippen molar-refractivity contribution in [3.63, 3.8) is 0 Å². The molecule has 0 saturated heterocycles. The lowest BCUT2D eigenvalue weighted by atomic mass is 10.3. The van der Waals surface area contributed by atoms with Crippen LogP contribution >= 0.6 is 39.1 Å². The SMILES string of the molecule is Nc1nc2cnccc2n1-c1ccc(Br)c(Cl)c1Cl. The van der Waals surface area contributed by atoms with E-state index >= 15 is 0 Å². The predicted octanol–water partition coefficient (Wildman–Crippen LogP) is 4.07. The zero-order valence-electron chi connectivity index (χ0n) is 9.44. The predicted molar refractivity (Wildman–Crippen MR) is 81.0 cm³/mol. The average molecular weight is 358 g/mol. The summed E-state index contributed by atoms with van der Waals surface area (Å²) in [6.45, 7) is 0. The molecule has 0 radical (unpaired) electrons. The Hall–Kier alpha value is -1.30. The van der Waals surface area contributed by atoms with E-state index in [0.29, 0.717) is 27.2 Å². The van der Waals surface area contributed by atoms with Crippen LogP contribution in [0, 0.1) is 0 Å². The third-order valence-corrected chi connectivity index (χ3v) is 4.50. The molecular formula is C12H7BrCl2N4. The Labute approximate surface area is 127 Å². The zero-order chi connectivity index (χ0) is 13.6. The molecule has 2 aromatic heterocycles. The number of nitrogens with two attached hydrogens (primary N) is 1. The van der Waals surface area contributed by atoms with Crippen LogP contribution in [0.25, 0.3) is 16.7 Å². The Morgan fingerprint density at radius 1 is 1.16 bits per heavy atom. The molecule has 0 aliphatic heterocycles. The van der Waals surface area contributed by atoms with Gasteiger partial charge in [0.25, 0.3) is 0 Å². The summed E-state index contributed by atoms with van der Waals surface area (Å²) in [7, 11) is 0. The smallest absolute Gasteiger partial charge is 0.206 e. The molecule has 4 nitrogen and oxygen atoms in total. The fraction of sp³-hybridized carbons (Fsp3) is 0. The highest BCUT2D eigenvalue weighted by Gasteiger charge is 2.15. The monoisotopic (exact) mass is 356 g/mol. The van der Waals surface area contributed by atoms with Crippen LogP contribution in [0.1, 0.15) is 0 Å². The maximum Gasteiger partial charge on any atom is 0.206 e. The van der Waals surface area contributed by atoms with Gasteiger partial charge in [0.05, 0.1) is 27.4 Å². The Morgan fingerprint density at radius 2 is 1.95 bits per heavy atom. The van der Waals surface area contributed by atoms with Crippen molar-refractivity contribution in [1.82, 2.24) is 14.5 Å². The number of nitrogens with zero attached hydrogens (tertiary/aromatic N) is 3. The minimum absolute atomic E-state index is 0.336. The Morgan fingerprint density at radius 3 is 2.74 bits per heavy atom. The summed E-state index contributed by atoms with van der Waals surface area (Å²) in [5.74, 6) is 0.336. The molecule has 0 aliphatic carbocycles. The van der Waals surface area contributed by atoms with Crippen LogP contribution in [0.5, 0.6) is 0 Å². The molecule has 0 aliphatic rings. The van der Waals surface area contributed by atoms with Crippen molar-refractivity contribution in [1.29, 1.82) is 0 Å². The van der Waals surface area contributed by atoms with Gasteiger partial charge in [0.2, 0.25) is 5.95 Å². The number of hydrogen-bond acceptors (Lipinski definition) is 3. The van der Waals surface area contributed by atoms with Crippen molar-refractivity contribution in [2.45, 2.75) is 0 Å². The molecule has 0 bridgehead atoms. The first-order valence-corrected chi connectivity index (χ1v) is 6.86. The molecule has 0 unspecified atom stereocenters. The summed E-state index contributed by atoms with van der Waals surface area (Å²) >= 11 is 15.7. The summed E-state index contributed by atoms with van der Waals surface area (Å²) in [4.78, 5) is 8.26. The number of hydrogen-bond donors (Lipinski definition) is 1. The van der Waals surface area contributed by atoms with Crippen molar-refractivity contribution < 1.29 is 0 Å². The van der Waals surface area contributed by atoms with E-state index in [1.165, 1.54) is 0 Å². The van der Waals surface area contributed by atoms with Crippen LogP contribution in [0.15, 0.2) is 35.1 Å². The van der Waals surface area contributed by atoms with E-state index in [2.05, 4.69) is 25.9 Å². The van der Waals surface area contributed by atoms with Gasteiger partial charge in [0.15, 0.2) is 0 Å². The summed E-state index contributed by atoms with van der Waals surface area (Å²) in [6, 6.07) is 5.47. The normalized spacial score (nSPS) is 11.1. The van der Waals surface area contributed by atoms with Gasteiger partial charge in [0.1, 0.15) is 5.52 Å². The number of pyridine rings is 1. The molecule has 19 heavy (non-hydrogen) atoms. The van der Waals surface area contributed by atoms with E-state index in [9.17, 15) is 0 Å². The van der Waals surface area contributed by atoms with Crippen LogP contribution in [-0.2, 0) is 0 Å². The van der Waals surface area contributed by atoms with Gasteiger partial charge in [-0.1, -0.05) is 23.2 Å². The first kappa shape index (κ1) is 12.7. The van der Waals surface area contributed by atoms with Crippen molar-refractivity contribution >= 4 is 56.1 Å². The van der Waals surface area contributed by atoms with E-state index < -0.39 is 0 Å². The van der Waals surface area contributed by atoms with E-state index in [1.54, 1.807) is 17.0 Å². The molecule has 1 aromatic carbocycles. The maximum atomic E-state index is 6.28. The fourth-order valence-corrected chi connectivity index (χ4v) is 2.75. The summed E-state index contributed by atoms with van der Waals surface area (Å²) in [5.41, 5.74) is 8.17. The lowest BCUT2D eigenvalue weighted by Gasteiger charge is -2.10. The van der Waals surface area contributed by atoms with Crippen LogP contribution in [0.3, 0.4) is 0 Å². The minimum Gasteiger partial charge on any atom is -0.369 e. The highest BCUT2D eigenvalue weighted by Crippen LogP contribution is 2.36. The third-order valence-electron chi connectivity index (χ3n) is 2.74. The van der Waals surface area contributed by atoms with E-state index in [-0.39, 0.29) is 0 Å². The summed E-state index contributed by atoms with van der Waals surface area (Å²) in [5, 5.41) is 0.855. The molecule has 2 heterocycles. The molecule has 0 amide bonds. The van der Waals surface area contributed by atoms with Gasteiger partial charge in [0, 0.05) is 10.7 Å². The number of halogens is 3. The number of rotatable bonds is 1. The van der Waals surface area contributed by atoms with Gasteiger partial charge in [-0.2, -0.15) is 0 Å². The van der Waals surface area contributed by atoms with E-state index in [1.807, 2.05) is 18.2 Å². The van der Waals surface area contributed by atoms with Crippen LogP contribution in [0.4, 0.5) is 5.95 Å². The molecular weight excluding hydrogens is 351 g/mol. The van der Waals surface area contributed by atoms with E-state index in [0.717, 1.165) is 9.99 Å². The molecule has 2 N–H and O–H groups in total. The number of aromatic nitrogens is 3. The second-order valence-corrected chi connectivity index (χ2v) is 5.47.